The summed E-state index contributed by atoms with van der Waals surface area (Å²) in [5, 5.41) is 0.0306. The lowest BCUT2D eigenvalue weighted by Gasteiger charge is -2.20. The van der Waals surface area contributed by atoms with Crippen molar-refractivity contribution in [3.63, 3.8) is 0 Å². The summed E-state index contributed by atoms with van der Waals surface area (Å²) >= 11 is 5.81. The molecule has 1 saturated heterocycles. The molecule has 0 radical (unpaired) electrons. The zero-order valence-corrected chi connectivity index (χ0v) is 10.7. The van der Waals surface area contributed by atoms with Gasteiger partial charge in [0.05, 0.1) is 6.54 Å². The molecule has 0 N–H and O–H groups in total. The lowest BCUT2D eigenvalue weighted by atomic mass is 10.4. The van der Waals surface area contributed by atoms with Gasteiger partial charge in [0.1, 0.15) is 0 Å². The summed E-state index contributed by atoms with van der Waals surface area (Å²) in [4.78, 5) is 15.3. The molecule has 18 heavy (non-hydrogen) atoms. The lowest BCUT2D eigenvalue weighted by Crippen LogP contribution is -2.28. The highest BCUT2D eigenvalue weighted by Crippen LogP contribution is 2.20. The van der Waals surface area contributed by atoms with Gasteiger partial charge in [-0.2, -0.15) is 15.0 Å². The summed E-state index contributed by atoms with van der Waals surface area (Å²) in [5.41, 5.74) is 0. The molecule has 1 aromatic rings. The van der Waals surface area contributed by atoms with Crippen molar-refractivity contribution >= 4 is 23.5 Å². The van der Waals surface area contributed by atoms with Gasteiger partial charge in [-0.25, -0.2) is 8.78 Å². The van der Waals surface area contributed by atoms with Crippen LogP contribution in [0.3, 0.4) is 0 Å². The first-order valence-electron chi connectivity index (χ1n) is 5.72. The SMILES string of the molecule is CN(CC(F)F)c1nc(Cl)nc(N2CCCC2)n1. The van der Waals surface area contributed by atoms with E-state index >= 15 is 0 Å². The zero-order valence-electron chi connectivity index (χ0n) is 9.98. The number of nitrogens with zero attached hydrogens (tertiary/aromatic N) is 5. The van der Waals surface area contributed by atoms with Crippen molar-refractivity contribution in [3.8, 4) is 0 Å². The Bertz CT molecular complexity index is 411. The topological polar surface area (TPSA) is 45.2 Å². The zero-order chi connectivity index (χ0) is 13.1. The van der Waals surface area contributed by atoms with Gasteiger partial charge in [0.2, 0.25) is 17.2 Å². The van der Waals surface area contributed by atoms with Crippen LogP contribution in [0.1, 0.15) is 12.8 Å². The maximum Gasteiger partial charge on any atom is 0.255 e. The molecule has 1 aromatic heterocycles. The molecule has 0 aromatic carbocycles. The van der Waals surface area contributed by atoms with Gasteiger partial charge in [-0.05, 0) is 24.4 Å². The van der Waals surface area contributed by atoms with E-state index in [2.05, 4.69) is 15.0 Å². The van der Waals surface area contributed by atoms with E-state index in [1.54, 1.807) is 0 Å². The van der Waals surface area contributed by atoms with Crippen LogP contribution in [0.15, 0.2) is 0 Å². The summed E-state index contributed by atoms with van der Waals surface area (Å²) in [6.07, 6.45) is -0.294. The second-order valence-electron chi connectivity index (χ2n) is 4.17. The molecule has 0 saturated carbocycles. The van der Waals surface area contributed by atoms with Crippen LogP contribution in [0.5, 0.6) is 0 Å². The Morgan fingerprint density at radius 1 is 1.28 bits per heavy atom. The summed E-state index contributed by atoms with van der Waals surface area (Å²) < 4.78 is 24.6. The smallest absolute Gasteiger partial charge is 0.255 e. The van der Waals surface area contributed by atoms with E-state index < -0.39 is 13.0 Å². The maximum atomic E-state index is 12.3. The van der Waals surface area contributed by atoms with Crippen molar-refractivity contribution in [1.29, 1.82) is 0 Å². The molecule has 8 heteroatoms. The van der Waals surface area contributed by atoms with E-state index in [9.17, 15) is 8.78 Å². The number of rotatable bonds is 4. The number of alkyl halides is 2. The van der Waals surface area contributed by atoms with Gasteiger partial charge >= 0.3 is 0 Å². The summed E-state index contributed by atoms with van der Waals surface area (Å²) in [6, 6.07) is 0. The van der Waals surface area contributed by atoms with Crippen LogP contribution in [0.2, 0.25) is 5.28 Å². The van der Waals surface area contributed by atoms with Crippen molar-refractivity contribution in [2.45, 2.75) is 19.3 Å². The van der Waals surface area contributed by atoms with Crippen LogP contribution >= 0.6 is 11.6 Å². The normalized spacial score (nSPS) is 15.5. The van der Waals surface area contributed by atoms with Gasteiger partial charge in [-0.1, -0.05) is 0 Å². The van der Waals surface area contributed by atoms with Crippen molar-refractivity contribution < 1.29 is 8.78 Å². The highest BCUT2D eigenvalue weighted by molar-refractivity contribution is 6.28. The maximum absolute atomic E-state index is 12.3. The quantitative estimate of drug-likeness (QED) is 0.840. The van der Waals surface area contributed by atoms with E-state index in [0.717, 1.165) is 25.9 Å². The third-order valence-electron chi connectivity index (χ3n) is 2.73. The molecular formula is C10H14ClF2N5. The van der Waals surface area contributed by atoms with E-state index in [-0.39, 0.29) is 11.2 Å². The molecule has 0 unspecified atom stereocenters. The van der Waals surface area contributed by atoms with Crippen LogP contribution in [-0.4, -0.2) is 48.1 Å². The average Bonchev–Trinajstić information content (AvgIpc) is 2.80. The first-order chi connectivity index (χ1) is 8.56. The van der Waals surface area contributed by atoms with E-state index in [1.165, 1.54) is 11.9 Å². The fourth-order valence-electron chi connectivity index (χ4n) is 1.85. The Balaban J connectivity index is 2.20. The molecule has 0 amide bonds. The molecule has 1 aliphatic rings. The highest BCUT2D eigenvalue weighted by Gasteiger charge is 2.19. The Labute approximate surface area is 109 Å². The van der Waals surface area contributed by atoms with Crippen molar-refractivity contribution in [2.75, 3.05) is 36.5 Å². The molecular weight excluding hydrogens is 264 g/mol. The molecule has 0 bridgehead atoms. The fraction of sp³-hybridized carbons (Fsp3) is 0.700. The average molecular weight is 278 g/mol. The van der Waals surface area contributed by atoms with E-state index in [1.807, 2.05) is 4.90 Å². The van der Waals surface area contributed by atoms with Gasteiger partial charge in [0.15, 0.2) is 0 Å². The van der Waals surface area contributed by atoms with Crippen LogP contribution in [0.4, 0.5) is 20.7 Å². The minimum Gasteiger partial charge on any atom is -0.341 e. The molecule has 1 aliphatic heterocycles. The molecule has 100 valence electrons. The molecule has 0 spiro atoms. The highest BCUT2D eigenvalue weighted by atomic mass is 35.5. The molecule has 0 atom stereocenters. The minimum absolute atomic E-state index is 0.0306. The Kier molecular flexibility index (Phi) is 4.11. The number of hydrogen-bond donors (Lipinski definition) is 0. The standard InChI is InChI=1S/C10H14ClF2N5/c1-17(6-7(12)13)9-14-8(11)15-10(16-9)18-4-2-3-5-18/h7H,2-6H2,1H3. The largest absolute Gasteiger partial charge is 0.341 e. The van der Waals surface area contributed by atoms with Crippen molar-refractivity contribution in [2.24, 2.45) is 0 Å². The number of hydrogen-bond acceptors (Lipinski definition) is 5. The van der Waals surface area contributed by atoms with Crippen LogP contribution in [0.25, 0.3) is 0 Å². The second kappa shape index (κ2) is 5.60. The predicted molar refractivity (Wildman–Crippen MR) is 65.6 cm³/mol. The predicted octanol–water partition coefficient (Wildman–Crippen LogP) is 1.83. The number of aromatic nitrogens is 3. The van der Waals surface area contributed by atoms with Crippen LogP contribution in [0, 0.1) is 0 Å². The Morgan fingerprint density at radius 2 is 1.94 bits per heavy atom. The van der Waals surface area contributed by atoms with Crippen LogP contribution < -0.4 is 9.80 Å². The number of halogens is 3. The second-order valence-corrected chi connectivity index (χ2v) is 4.51. The van der Waals surface area contributed by atoms with E-state index in [0.29, 0.717) is 5.95 Å². The molecule has 2 rings (SSSR count). The monoisotopic (exact) mass is 277 g/mol. The van der Waals surface area contributed by atoms with Crippen LogP contribution in [-0.2, 0) is 0 Å². The van der Waals surface area contributed by atoms with Crippen molar-refractivity contribution in [3.05, 3.63) is 5.28 Å². The molecule has 2 heterocycles. The summed E-state index contributed by atoms with van der Waals surface area (Å²) in [6.45, 7) is 1.29. The minimum atomic E-state index is -2.44. The van der Waals surface area contributed by atoms with Crippen molar-refractivity contribution in [1.82, 2.24) is 15.0 Å². The van der Waals surface area contributed by atoms with Gasteiger partial charge in [-0.15, -0.1) is 0 Å². The first-order valence-corrected chi connectivity index (χ1v) is 6.10. The first kappa shape index (κ1) is 13.2. The Hall–Kier alpha value is -1.24. The fourth-order valence-corrected chi connectivity index (χ4v) is 2.00. The lowest BCUT2D eigenvalue weighted by molar-refractivity contribution is 0.156. The van der Waals surface area contributed by atoms with E-state index in [4.69, 9.17) is 11.6 Å². The molecule has 5 nitrogen and oxygen atoms in total. The molecule has 0 aliphatic carbocycles. The van der Waals surface area contributed by atoms with Gasteiger partial charge in [0, 0.05) is 20.1 Å². The third-order valence-corrected chi connectivity index (χ3v) is 2.90. The molecule has 1 fully saturated rings. The van der Waals surface area contributed by atoms with Gasteiger partial charge in [-0.3, -0.25) is 0 Å². The Morgan fingerprint density at radius 3 is 2.56 bits per heavy atom. The third kappa shape index (κ3) is 3.16. The summed E-state index contributed by atoms with van der Waals surface area (Å²) in [5.74, 6) is 0.640. The summed E-state index contributed by atoms with van der Waals surface area (Å²) in [7, 11) is 1.51. The van der Waals surface area contributed by atoms with Gasteiger partial charge < -0.3 is 9.80 Å². The number of anilines is 2. The van der Waals surface area contributed by atoms with Gasteiger partial charge in [0.25, 0.3) is 6.43 Å².